The molecule has 0 radical (unpaired) electrons. The van der Waals surface area contributed by atoms with E-state index in [1.54, 1.807) is 0 Å². The van der Waals surface area contributed by atoms with Gasteiger partial charge in [-0.15, -0.1) is 0 Å². The monoisotopic (exact) mass is 257 g/mol. The number of nitrogens with two attached hydrogens (primary N) is 1. The quantitative estimate of drug-likeness (QED) is 0.701. The van der Waals surface area contributed by atoms with Crippen molar-refractivity contribution in [2.45, 2.75) is 24.2 Å². The molecule has 6 nitrogen and oxygen atoms in total. The van der Waals surface area contributed by atoms with Gasteiger partial charge in [-0.3, -0.25) is 4.79 Å². The number of aromatic amines is 1. The predicted molar refractivity (Wildman–Crippen MR) is 61.8 cm³/mol. The van der Waals surface area contributed by atoms with Gasteiger partial charge in [-0.1, -0.05) is 12.8 Å². The van der Waals surface area contributed by atoms with Crippen LogP contribution in [0.3, 0.4) is 0 Å². The highest BCUT2D eigenvalue weighted by atomic mass is 32.2. The molecular formula is C10H15N3O3S. The topological polar surface area (TPSA) is 105 Å². The summed E-state index contributed by atoms with van der Waals surface area (Å²) >= 11 is 0. The number of carbonyl (C=O) groups excluding carboxylic acids is 1. The molecule has 1 saturated carbocycles. The lowest BCUT2D eigenvalue weighted by Crippen LogP contribution is -2.25. The van der Waals surface area contributed by atoms with E-state index in [0.717, 1.165) is 12.3 Å². The van der Waals surface area contributed by atoms with Crippen LogP contribution in [0, 0.1) is 5.92 Å². The van der Waals surface area contributed by atoms with Crippen LogP contribution in [0.15, 0.2) is 17.2 Å². The molecule has 1 amide bonds. The second-order valence-corrected chi connectivity index (χ2v) is 5.84. The molecule has 2 rings (SSSR count). The van der Waals surface area contributed by atoms with E-state index in [1.165, 1.54) is 25.1 Å². The molecule has 0 saturated heterocycles. The molecule has 0 aliphatic heterocycles. The SMILES string of the molecule is NS(=O)(=O)c1c[nH]c(C(=O)NCCC2CC2)c1. The normalized spacial score (nSPS) is 15.8. The van der Waals surface area contributed by atoms with E-state index in [1.807, 2.05) is 0 Å². The highest BCUT2D eigenvalue weighted by Gasteiger charge is 2.21. The minimum absolute atomic E-state index is 0.0788. The van der Waals surface area contributed by atoms with Gasteiger partial charge >= 0.3 is 0 Å². The van der Waals surface area contributed by atoms with Crippen LogP contribution < -0.4 is 10.5 Å². The van der Waals surface area contributed by atoms with Gasteiger partial charge in [0, 0.05) is 12.7 Å². The predicted octanol–water partition coefficient (Wildman–Crippen LogP) is 0.192. The Bertz CT molecular complexity index is 517. The zero-order valence-electron chi connectivity index (χ0n) is 9.27. The summed E-state index contributed by atoms with van der Waals surface area (Å²) in [5, 5.41) is 7.67. The first kappa shape index (κ1) is 12.1. The minimum atomic E-state index is -3.75. The number of sulfonamides is 1. The van der Waals surface area contributed by atoms with Crippen molar-refractivity contribution >= 4 is 15.9 Å². The van der Waals surface area contributed by atoms with E-state index in [2.05, 4.69) is 10.3 Å². The molecule has 0 atom stereocenters. The Morgan fingerprint density at radius 2 is 2.24 bits per heavy atom. The van der Waals surface area contributed by atoms with Gasteiger partial charge in [0.25, 0.3) is 5.91 Å². The van der Waals surface area contributed by atoms with Crippen molar-refractivity contribution < 1.29 is 13.2 Å². The van der Waals surface area contributed by atoms with Crippen molar-refractivity contribution in [3.8, 4) is 0 Å². The Hall–Kier alpha value is -1.34. The fourth-order valence-electron chi connectivity index (χ4n) is 1.56. The molecule has 1 aromatic heterocycles. The number of hydrogen-bond acceptors (Lipinski definition) is 3. The lowest BCUT2D eigenvalue weighted by Gasteiger charge is -2.01. The van der Waals surface area contributed by atoms with Crippen LogP contribution in [0.25, 0.3) is 0 Å². The summed E-state index contributed by atoms with van der Waals surface area (Å²) in [6.07, 6.45) is 4.68. The molecule has 0 spiro atoms. The van der Waals surface area contributed by atoms with Crippen LogP contribution >= 0.6 is 0 Å². The van der Waals surface area contributed by atoms with Gasteiger partial charge in [-0.2, -0.15) is 0 Å². The standard InChI is InChI=1S/C10H15N3O3S/c11-17(15,16)8-5-9(13-6-8)10(14)12-4-3-7-1-2-7/h5-7,13H,1-4H2,(H,12,14)(H2,11,15,16). The van der Waals surface area contributed by atoms with Gasteiger partial charge < -0.3 is 10.3 Å². The Balaban J connectivity index is 1.91. The first-order chi connectivity index (χ1) is 7.97. The fourth-order valence-corrected chi connectivity index (χ4v) is 2.07. The fraction of sp³-hybridized carbons (Fsp3) is 0.500. The second-order valence-electron chi connectivity index (χ2n) is 4.28. The number of nitrogens with one attached hydrogen (secondary N) is 2. The van der Waals surface area contributed by atoms with Gasteiger partial charge in [-0.05, 0) is 18.4 Å². The molecule has 17 heavy (non-hydrogen) atoms. The number of carbonyl (C=O) groups is 1. The summed E-state index contributed by atoms with van der Waals surface area (Å²) in [5.41, 5.74) is 0.213. The van der Waals surface area contributed by atoms with Gasteiger partial charge in [0.1, 0.15) is 5.69 Å². The summed E-state index contributed by atoms with van der Waals surface area (Å²) < 4.78 is 22.0. The maximum atomic E-state index is 11.6. The van der Waals surface area contributed by atoms with E-state index in [-0.39, 0.29) is 16.5 Å². The van der Waals surface area contributed by atoms with Crippen LogP contribution in [-0.4, -0.2) is 25.9 Å². The van der Waals surface area contributed by atoms with Crippen molar-refractivity contribution in [3.05, 3.63) is 18.0 Å². The zero-order chi connectivity index (χ0) is 12.5. The van der Waals surface area contributed by atoms with E-state index >= 15 is 0 Å². The Labute approximate surface area is 99.6 Å². The van der Waals surface area contributed by atoms with Crippen molar-refractivity contribution in [2.75, 3.05) is 6.54 Å². The third-order valence-corrected chi connectivity index (χ3v) is 3.66. The van der Waals surface area contributed by atoms with Gasteiger partial charge in [0.05, 0.1) is 4.90 Å². The number of primary sulfonamides is 1. The molecule has 1 aliphatic carbocycles. The lowest BCUT2D eigenvalue weighted by molar-refractivity contribution is 0.0948. The van der Waals surface area contributed by atoms with E-state index < -0.39 is 10.0 Å². The second kappa shape index (κ2) is 4.50. The molecule has 0 unspecified atom stereocenters. The molecule has 1 aliphatic rings. The molecular weight excluding hydrogens is 242 g/mol. The Morgan fingerprint density at radius 3 is 2.76 bits per heavy atom. The van der Waals surface area contributed by atoms with Gasteiger partial charge in [0.15, 0.2) is 0 Å². The molecule has 7 heteroatoms. The number of aromatic nitrogens is 1. The van der Waals surface area contributed by atoms with E-state index in [9.17, 15) is 13.2 Å². The van der Waals surface area contributed by atoms with Crippen LogP contribution in [0.2, 0.25) is 0 Å². The third-order valence-electron chi connectivity index (χ3n) is 2.76. The highest BCUT2D eigenvalue weighted by molar-refractivity contribution is 7.89. The average Bonchev–Trinajstić information content (AvgIpc) is 2.91. The number of amides is 1. The maximum absolute atomic E-state index is 11.6. The van der Waals surface area contributed by atoms with E-state index in [4.69, 9.17) is 5.14 Å². The third kappa shape index (κ3) is 3.31. The van der Waals surface area contributed by atoms with Crippen LogP contribution in [0.5, 0.6) is 0 Å². The van der Waals surface area contributed by atoms with Crippen molar-refractivity contribution in [3.63, 3.8) is 0 Å². The van der Waals surface area contributed by atoms with Gasteiger partial charge in [0.2, 0.25) is 10.0 Å². The van der Waals surface area contributed by atoms with Crippen molar-refractivity contribution in [2.24, 2.45) is 11.1 Å². The summed E-state index contributed by atoms with van der Waals surface area (Å²) in [6.45, 7) is 0.618. The Morgan fingerprint density at radius 1 is 1.53 bits per heavy atom. The number of H-pyrrole nitrogens is 1. The molecule has 1 heterocycles. The smallest absolute Gasteiger partial charge is 0.267 e. The Kier molecular flexibility index (Phi) is 3.21. The highest BCUT2D eigenvalue weighted by Crippen LogP contribution is 2.31. The summed E-state index contributed by atoms with van der Waals surface area (Å²) in [5.74, 6) is 0.444. The molecule has 1 aromatic rings. The van der Waals surface area contributed by atoms with E-state index in [0.29, 0.717) is 6.54 Å². The van der Waals surface area contributed by atoms with Crippen LogP contribution in [0.1, 0.15) is 29.8 Å². The summed E-state index contributed by atoms with van der Waals surface area (Å²) in [7, 11) is -3.75. The zero-order valence-corrected chi connectivity index (χ0v) is 10.1. The average molecular weight is 257 g/mol. The van der Waals surface area contributed by atoms with Crippen molar-refractivity contribution in [1.29, 1.82) is 0 Å². The number of hydrogen-bond donors (Lipinski definition) is 3. The molecule has 0 bridgehead atoms. The lowest BCUT2D eigenvalue weighted by atomic mass is 10.3. The minimum Gasteiger partial charge on any atom is -0.356 e. The van der Waals surface area contributed by atoms with Crippen LogP contribution in [0.4, 0.5) is 0 Å². The summed E-state index contributed by atoms with van der Waals surface area (Å²) in [6, 6.07) is 1.24. The maximum Gasteiger partial charge on any atom is 0.267 e. The van der Waals surface area contributed by atoms with Gasteiger partial charge in [-0.25, -0.2) is 13.6 Å². The summed E-state index contributed by atoms with van der Waals surface area (Å²) in [4.78, 5) is 14.1. The number of rotatable bonds is 5. The molecule has 4 N–H and O–H groups in total. The first-order valence-electron chi connectivity index (χ1n) is 5.46. The molecule has 1 fully saturated rings. The van der Waals surface area contributed by atoms with Crippen molar-refractivity contribution in [1.82, 2.24) is 10.3 Å². The largest absolute Gasteiger partial charge is 0.356 e. The van der Waals surface area contributed by atoms with Crippen LogP contribution in [-0.2, 0) is 10.0 Å². The molecule has 0 aromatic carbocycles. The first-order valence-corrected chi connectivity index (χ1v) is 7.01. The molecule has 94 valence electrons.